The van der Waals surface area contributed by atoms with Crippen LogP contribution in [0.4, 0.5) is 0 Å². The number of benzene rings is 1. The van der Waals surface area contributed by atoms with E-state index in [0.29, 0.717) is 5.78 Å². The van der Waals surface area contributed by atoms with Gasteiger partial charge in [-0.2, -0.15) is 0 Å². The SMILES string of the molecule is C=C(/N=C\C=C(C)C)N1CCC(CCCC)(C(C)=O)C1.CCc1c[nH]c2ccccc12. The number of nitrogens with one attached hydrogen (secondary N) is 1. The third kappa shape index (κ3) is 6.68. The number of aryl methyl sites for hydroxylation is 1. The molecule has 1 unspecified atom stereocenters. The maximum atomic E-state index is 12.0. The number of aromatic amines is 1. The fourth-order valence-electron chi connectivity index (χ4n) is 4.05. The van der Waals surface area contributed by atoms with Gasteiger partial charge in [0.15, 0.2) is 0 Å². The fourth-order valence-corrected chi connectivity index (χ4v) is 4.05. The summed E-state index contributed by atoms with van der Waals surface area (Å²) < 4.78 is 0. The summed E-state index contributed by atoms with van der Waals surface area (Å²) in [5.41, 5.74) is 3.68. The third-order valence-electron chi connectivity index (χ3n) is 6.16. The number of aromatic nitrogens is 1. The van der Waals surface area contributed by atoms with Gasteiger partial charge in [0.05, 0.1) is 0 Å². The maximum Gasteiger partial charge on any atom is 0.137 e. The molecule has 1 aromatic heterocycles. The first-order valence-electron chi connectivity index (χ1n) is 11.5. The molecule has 0 radical (unpaired) electrons. The lowest BCUT2D eigenvalue weighted by atomic mass is 9.78. The van der Waals surface area contributed by atoms with Crippen molar-refractivity contribution in [2.24, 2.45) is 10.4 Å². The zero-order valence-corrected chi connectivity index (χ0v) is 20.0. The van der Waals surface area contributed by atoms with Crippen LogP contribution in [0, 0.1) is 5.41 Å². The van der Waals surface area contributed by atoms with Crippen molar-refractivity contribution in [2.75, 3.05) is 13.1 Å². The van der Waals surface area contributed by atoms with Crippen molar-refractivity contribution >= 4 is 22.9 Å². The molecule has 1 fully saturated rings. The van der Waals surface area contributed by atoms with E-state index in [1.165, 1.54) is 22.0 Å². The van der Waals surface area contributed by atoms with Crippen LogP contribution in [0.25, 0.3) is 10.9 Å². The summed E-state index contributed by atoms with van der Waals surface area (Å²) in [4.78, 5) is 21.8. The van der Waals surface area contributed by atoms with Crippen molar-refractivity contribution in [1.82, 2.24) is 9.88 Å². The van der Waals surface area contributed by atoms with E-state index in [-0.39, 0.29) is 5.41 Å². The van der Waals surface area contributed by atoms with Crippen LogP contribution in [-0.4, -0.2) is 35.0 Å². The van der Waals surface area contributed by atoms with Crippen LogP contribution in [0.2, 0.25) is 0 Å². The Bertz CT molecular complexity index is 933. The van der Waals surface area contributed by atoms with E-state index in [0.717, 1.165) is 51.0 Å². The summed E-state index contributed by atoms with van der Waals surface area (Å²) in [6.45, 7) is 15.8. The Balaban J connectivity index is 0.000000258. The molecule has 0 bridgehead atoms. The Morgan fingerprint density at radius 1 is 1.26 bits per heavy atom. The number of Topliss-reactive ketones (excluding diaryl/α,β-unsaturated/α-hetero) is 1. The van der Waals surface area contributed by atoms with Crippen LogP contribution in [0.1, 0.15) is 65.9 Å². The van der Waals surface area contributed by atoms with Crippen molar-refractivity contribution in [2.45, 2.75) is 66.7 Å². The normalized spacial score (nSPS) is 18.2. The average Bonchev–Trinajstić information content (AvgIpc) is 3.37. The molecule has 31 heavy (non-hydrogen) atoms. The van der Waals surface area contributed by atoms with Crippen molar-refractivity contribution in [3.8, 4) is 0 Å². The van der Waals surface area contributed by atoms with Gasteiger partial charge >= 0.3 is 0 Å². The van der Waals surface area contributed by atoms with Gasteiger partial charge in [-0.1, -0.05) is 57.0 Å². The number of para-hydroxylation sites is 1. The summed E-state index contributed by atoms with van der Waals surface area (Å²) in [6.07, 6.45) is 11.1. The highest BCUT2D eigenvalue weighted by atomic mass is 16.1. The molecular weight excluding hydrogens is 382 g/mol. The van der Waals surface area contributed by atoms with Gasteiger partial charge in [0.2, 0.25) is 0 Å². The number of fused-ring (bicyclic) bond motifs is 1. The summed E-state index contributed by atoms with van der Waals surface area (Å²) >= 11 is 0. The number of ketones is 1. The van der Waals surface area contributed by atoms with Gasteiger partial charge in [-0.25, -0.2) is 4.99 Å². The van der Waals surface area contributed by atoms with E-state index < -0.39 is 0 Å². The zero-order valence-electron chi connectivity index (χ0n) is 20.0. The Labute approximate surface area is 188 Å². The number of nitrogens with zero attached hydrogens (tertiary/aromatic N) is 2. The second-order valence-electron chi connectivity index (χ2n) is 8.76. The lowest BCUT2D eigenvalue weighted by molar-refractivity contribution is -0.126. The van der Waals surface area contributed by atoms with E-state index in [2.05, 4.69) is 65.8 Å². The minimum absolute atomic E-state index is 0.176. The number of rotatable bonds is 8. The molecule has 1 saturated heterocycles. The molecule has 0 aliphatic carbocycles. The minimum atomic E-state index is -0.176. The largest absolute Gasteiger partial charge is 0.361 e. The molecule has 1 aliphatic rings. The van der Waals surface area contributed by atoms with Gasteiger partial charge in [-0.15, -0.1) is 0 Å². The van der Waals surface area contributed by atoms with Crippen LogP contribution < -0.4 is 0 Å². The second-order valence-corrected chi connectivity index (χ2v) is 8.76. The highest BCUT2D eigenvalue weighted by Gasteiger charge is 2.41. The van der Waals surface area contributed by atoms with E-state index >= 15 is 0 Å². The van der Waals surface area contributed by atoms with Crippen molar-refractivity contribution < 1.29 is 4.79 Å². The summed E-state index contributed by atoms with van der Waals surface area (Å²) in [7, 11) is 0. The molecule has 4 nitrogen and oxygen atoms in total. The lowest BCUT2D eigenvalue weighted by Gasteiger charge is -2.27. The number of carbonyl (C=O) groups is 1. The predicted octanol–water partition coefficient (Wildman–Crippen LogP) is 6.70. The fraction of sp³-hybridized carbons (Fsp3) is 0.481. The first-order valence-corrected chi connectivity index (χ1v) is 11.5. The first kappa shape index (κ1) is 24.6. The molecule has 2 heterocycles. The van der Waals surface area contributed by atoms with Crippen molar-refractivity contribution in [3.63, 3.8) is 0 Å². The topological polar surface area (TPSA) is 48.5 Å². The van der Waals surface area contributed by atoms with Gasteiger partial charge in [0, 0.05) is 41.8 Å². The van der Waals surface area contributed by atoms with Crippen LogP contribution in [0.15, 0.2) is 59.5 Å². The maximum absolute atomic E-state index is 12.0. The number of aliphatic imine (C=N–C) groups is 1. The van der Waals surface area contributed by atoms with Gasteiger partial charge in [0.25, 0.3) is 0 Å². The number of allylic oxidation sites excluding steroid dienone is 2. The molecule has 4 heteroatoms. The standard InChI is InChI=1S/C17H28N2O.C10H11N/c1-6-7-9-17(15(4)20)10-12-19(13-17)16(5)18-11-8-14(2)3;1-2-8-7-11-10-6-4-3-5-9(8)10/h8,11H,5-7,9-10,12-13H2,1-4H3;3-7,11H,2H2,1H3/b18-11-;. The number of unbranched alkanes of at least 4 members (excludes halogenated alkanes) is 1. The molecule has 0 amide bonds. The van der Waals surface area contributed by atoms with Crippen LogP contribution in [0.3, 0.4) is 0 Å². The summed E-state index contributed by atoms with van der Waals surface area (Å²) in [6, 6.07) is 8.40. The van der Waals surface area contributed by atoms with E-state index in [9.17, 15) is 4.79 Å². The Morgan fingerprint density at radius 3 is 2.65 bits per heavy atom. The molecule has 1 aromatic carbocycles. The molecule has 1 aliphatic heterocycles. The average molecular weight is 422 g/mol. The summed E-state index contributed by atoms with van der Waals surface area (Å²) in [5.74, 6) is 1.08. The molecular formula is C27H39N3O. The predicted molar refractivity (Wildman–Crippen MR) is 134 cm³/mol. The lowest BCUT2D eigenvalue weighted by Crippen LogP contribution is -2.32. The highest BCUT2D eigenvalue weighted by molar-refractivity contribution is 5.83. The van der Waals surface area contributed by atoms with E-state index in [4.69, 9.17) is 0 Å². The van der Waals surface area contributed by atoms with Gasteiger partial charge < -0.3 is 9.88 Å². The number of hydrogen-bond donors (Lipinski definition) is 1. The molecule has 0 spiro atoms. The highest BCUT2D eigenvalue weighted by Crippen LogP contribution is 2.38. The van der Waals surface area contributed by atoms with Crippen LogP contribution >= 0.6 is 0 Å². The second kappa shape index (κ2) is 11.7. The quantitative estimate of drug-likeness (QED) is 0.482. The number of hydrogen-bond acceptors (Lipinski definition) is 3. The van der Waals surface area contributed by atoms with Gasteiger partial charge in [-0.05, 0) is 57.7 Å². The first-order chi connectivity index (χ1) is 14.8. The molecule has 2 aromatic rings. The summed E-state index contributed by atoms with van der Waals surface area (Å²) in [5, 5.41) is 1.36. The van der Waals surface area contributed by atoms with E-state index in [1.54, 1.807) is 13.1 Å². The Hall–Kier alpha value is -2.62. The van der Waals surface area contributed by atoms with Crippen LogP contribution in [0.5, 0.6) is 0 Å². The van der Waals surface area contributed by atoms with Crippen molar-refractivity contribution in [3.05, 3.63) is 60.1 Å². The van der Waals surface area contributed by atoms with Gasteiger partial charge in [-0.3, -0.25) is 4.79 Å². The van der Waals surface area contributed by atoms with E-state index in [1.807, 2.05) is 19.9 Å². The number of likely N-dealkylation sites (tertiary alicyclic amines) is 1. The zero-order chi connectivity index (χ0) is 22.9. The smallest absolute Gasteiger partial charge is 0.137 e. The molecule has 1 atom stereocenters. The Kier molecular flexibility index (Phi) is 9.29. The molecule has 1 N–H and O–H groups in total. The Morgan fingerprint density at radius 2 is 2.00 bits per heavy atom. The molecule has 168 valence electrons. The monoisotopic (exact) mass is 421 g/mol. The molecule has 0 saturated carbocycles. The van der Waals surface area contributed by atoms with Gasteiger partial charge in [0.1, 0.15) is 11.6 Å². The van der Waals surface area contributed by atoms with Crippen LogP contribution in [-0.2, 0) is 11.2 Å². The number of H-pyrrole nitrogens is 1. The van der Waals surface area contributed by atoms with Crippen molar-refractivity contribution in [1.29, 1.82) is 0 Å². The molecule has 3 rings (SSSR count). The minimum Gasteiger partial charge on any atom is -0.361 e. The third-order valence-corrected chi connectivity index (χ3v) is 6.16. The number of carbonyl (C=O) groups excluding carboxylic acids is 1.